The van der Waals surface area contributed by atoms with E-state index < -0.39 is 0 Å². The number of hydrogen-bond donors (Lipinski definition) is 3. The number of aliphatic hydroxyl groups is 1. The zero-order chi connectivity index (χ0) is 20.4. The van der Waals surface area contributed by atoms with Crippen molar-refractivity contribution in [3.63, 3.8) is 0 Å². The van der Waals surface area contributed by atoms with Crippen LogP contribution >= 0.6 is 0 Å². The molecule has 3 N–H and O–H groups in total. The zero-order valence-electron chi connectivity index (χ0n) is 17.5. The summed E-state index contributed by atoms with van der Waals surface area (Å²) in [4.78, 5) is 3.61. The fourth-order valence-electron chi connectivity index (χ4n) is 4.61. The minimum Gasteiger partial charge on any atom is -0.493 e. The number of aryl methyl sites for hydroxylation is 1. The van der Waals surface area contributed by atoms with Crippen molar-refractivity contribution in [1.29, 1.82) is 0 Å². The average molecular weight is 395 g/mol. The molecule has 154 valence electrons. The number of aromatic amines is 1. The van der Waals surface area contributed by atoms with Crippen LogP contribution in [-0.4, -0.2) is 37.4 Å². The first-order valence-electron chi connectivity index (χ1n) is 10.4. The van der Waals surface area contributed by atoms with Crippen LogP contribution in [0.15, 0.2) is 30.3 Å². The number of ether oxygens (including phenoxy) is 2. The van der Waals surface area contributed by atoms with Crippen LogP contribution in [0.4, 0.5) is 0 Å². The fourth-order valence-corrected chi connectivity index (χ4v) is 4.61. The van der Waals surface area contributed by atoms with Gasteiger partial charge in [-0.15, -0.1) is 0 Å². The highest BCUT2D eigenvalue weighted by atomic mass is 16.5. The smallest absolute Gasteiger partial charge is 0.161 e. The molecule has 0 amide bonds. The molecule has 5 nitrogen and oxygen atoms in total. The summed E-state index contributed by atoms with van der Waals surface area (Å²) in [7, 11) is 3.31. The number of piperidine rings is 1. The molecule has 0 bridgehead atoms. The van der Waals surface area contributed by atoms with E-state index in [1.165, 1.54) is 16.5 Å². The quantitative estimate of drug-likeness (QED) is 0.581. The molecule has 2 aromatic carbocycles. The SMILES string of the molecule is CCc1c(-c2ccc(OC)c(OC)c2)[nH]c2cc(CO)c(C3CCNCC3)cc12. The van der Waals surface area contributed by atoms with Gasteiger partial charge in [-0.05, 0) is 85.3 Å². The van der Waals surface area contributed by atoms with E-state index in [1.54, 1.807) is 14.2 Å². The van der Waals surface area contributed by atoms with E-state index in [9.17, 15) is 5.11 Å². The van der Waals surface area contributed by atoms with Crippen molar-refractivity contribution >= 4 is 10.9 Å². The highest BCUT2D eigenvalue weighted by Gasteiger charge is 2.21. The molecule has 1 aromatic heterocycles. The lowest BCUT2D eigenvalue weighted by atomic mass is 9.86. The van der Waals surface area contributed by atoms with Crippen LogP contribution in [0.25, 0.3) is 22.2 Å². The summed E-state index contributed by atoms with van der Waals surface area (Å²) in [5.41, 5.74) is 6.89. The zero-order valence-corrected chi connectivity index (χ0v) is 17.5. The van der Waals surface area contributed by atoms with Crippen molar-refractivity contribution in [3.8, 4) is 22.8 Å². The van der Waals surface area contributed by atoms with Crippen LogP contribution in [0.3, 0.4) is 0 Å². The van der Waals surface area contributed by atoms with Crippen LogP contribution in [-0.2, 0) is 13.0 Å². The second-order valence-electron chi connectivity index (χ2n) is 7.68. The summed E-state index contributed by atoms with van der Waals surface area (Å²) in [6.07, 6.45) is 3.16. The predicted octanol–water partition coefficient (Wildman–Crippen LogP) is 4.37. The molecule has 1 fully saturated rings. The Hall–Kier alpha value is -2.50. The van der Waals surface area contributed by atoms with Gasteiger partial charge < -0.3 is 24.9 Å². The van der Waals surface area contributed by atoms with Gasteiger partial charge in [0.2, 0.25) is 0 Å². The van der Waals surface area contributed by atoms with E-state index in [1.807, 2.05) is 12.1 Å². The van der Waals surface area contributed by atoms with Crippen LogP contribution in [0.1, 0.15) is 42.4 Å². The molecule has 2 heterocycles. The second-order valence-corrected chi connectivity index (χ2v) is 7.68. The summed E-state index contributed by atoms with van der Waals surface area (Å²) in [5, 5.41) is 14.7. The van der Waals surface area contributed by atoms with Gasteiger partial charge in [-0.1, -0.05) is 6.92 Å². The first-order chi connectivity index (χ1) is 14.2. The van der Waals surface area contributed by atoms with Crippen molar-refractivity contribution in [1.82, 2.24) is 10.3 Å². The minimum atomic E-state index is 0.0708. The largest absolute Gasteiger partial charge is 0.493 e. The molecule has 0 spiro atoms. The summed E-state index contributed by atoms with van der Waals surface area (Å²) < 4.78 is 10.9. The Labute approximate surface area is 172 Å². The molecule has 0 saturated carbocycles. The summed E-state index contributed by atoms with van der Waals surface area (Å²) in [5.74, 6) is 1.95. The Morgan fingerprint density at radius 2 is 1.79 bits per heavy atom. The Balaban J connectivity index is 1.86. The summed E-state index contributed by atoms with van der Waals surface area (Å²) >= 11 is 0. The third-order valence-corrected chi connectivity index (χ3v) is 6.14. The number of H-pyrrole nitrogens is 1. The highest BCUT2D eigenvalue weighted by molar-refractivity contribution is 5.92. The van der Waals surface area contributed by atoms with Gasteiger partial charge in [-0.2, -0.15) is 0 Å². The normalized spacial score (nSPS) is 15.0. The first-order valence-corrected chi connectivity index (χ1v) is 10.4. The molecular formula is C24H30N2O3. The molecule has 0 unspecified atom stereocenters. The fraction of sp³-hybridized carbons (Fsp3) is 0.417. The number of aromatic nitrogens is 1. The van der Waals surface area contributed by atoms with Crippen LogP contribution < -0.4 is 14.8 Å². The van der Waals surface area contributed by atoms with Gasteiger partial charge in [0.15, 0.2) is 11.5 Å². The second kappa shape index (κ2) is 8.47. The van der Waals surface area contributed by atoms with Crippen molar-refractivity contribution < 1.29 is 14.6 Å². The highest BCUT2D eigenvalue weighted by Crippen LogP contribution is 2.39. The predicted molar refractivity (Wildman–Crippen MR) is 117 cm³/mol. The molecule has 0 atom stereocenters. The molecule has 1 aliphatic rings. The van der Waals surface area contributed by atoms with Gasteiger partial charge in [-0.25, -0.2) is 0 Å². The van der Waals surface area contributed by atoms with Crippen molar-refractivity contribution in [2.24, 2.45) is 0 Å². The monoisotopic (exact) mass is 394 g/mol. The van der Waals surface area contributed by atoms with E-state index in [4.69, 9.17) is 9.47 Å². The lowest BCUT2D eigenvalue weighted by Gasteiger charge is -2.25. The minimum absolute atomic E-state index is 0.0708. The number of aliphatic hydroxyl groups excluding tert-OH is 1. The maximum Gasteiger partial charge on any atom is 0.161 e. The van der Waals surface area contributed by atoms with E-state index in [0.717, 1.165) is 66.2 Å². The van der Waals surface area contributed by atoms with E-state index in [-0.39, 0.29) is 6.61 Å². The Bertz CT molecular complexity index is 1000. The number of fused-ring (bicyclic) bond motifs is 1. The molecule has 5 heteroatoms. The number of benzene rings is 2. The Morgan fingerprint density at radius 1 is 1.03 bits per heavy atom. The van der Waals surface area contributed by atoms with Gasteiger partial charge in [0, 0.05) is 22.2 Å². The standard InChI is InChI=1S/C24H30N2O3/c1-4-18-20-13-19(15-7-9-25-10-8-15)17(14-27)11-21(20)26-24(18)16-5-6-22(28-2)23(12-16)29-3/h5-6,11-13,15,25-27H,4,7-10,14H2,1-3H3. The van der Waals surface area contributed by atoms with Gasteiger partial charge in [-0.3, -0.25) is 0 Å². The van der Waals surface area contributed by atoms with Crippen LogP contribution in [0, 0.1) is 0 Å². The van der Waals surface area contributed by atoms with Gasteiger partial charge in [0.1, 0.15) is 0 Å². The first kappa shape index (κ1) is 19.8. The molecule has 1 saturated heterocycles. The third-order valence-electron chi connectivity index (χ3n) is 6.14. The summed E-state index contributed by atoms with van der Waals surface area (Å²) in [6, 6.07) is 10.5. The van der Waals surface area contributed by atoms with E-state index in [0.29, 0.717) is 5.92 Å². The number of methoxy groups -OCH3 is 2. The van der Waals surface area contributed by atoms with Gasteiger partial charge in [0.25, 0.3) is 0 Å². The lowest BCUT2D eigenvalue weighted by Crippen LogP contribution is -2.27. The molecular weight excluding hydrogens is 364 g/mol. The van der Waals surface area contributed by atoms with E-state index >= 15 is 0 Å². The molecule has 3 aromatic rings. The lowest BCUT2D eigenvalue weighted by molar-refractivity contribution is 0.279. The maximum absolute atomic E-state index is 10.0. The van der Waals surface area contributed by atoms with Crippen molar-refractivity contribution in [3.05, 3.63) is 47.0 Å². The molecule has 0 aliphatic carbocycles. The molecule has 29 heavy (non-hydrogen) atoms. The average Bonchev–Trinajstić information content (AvgIpc) is 3.15. The molecule has 0 radical (unpaired) electrons. The van der Waals surface area contributed by atoms with Gasteiger partial charge in [0.05, 0.1) is 20.8 Å². The number of rotatable bonds is 6. The van der Waals surface area contributed by atoms with E-state index in [2.05, 4.69) is 35.4 Å². The van der Waals surface area contributed by atoms with Crippen LogP contribution in [0.5, 0.6) is 11.5 Å². The third kappa shape index (κ3) is 3.61. The topological polar surface area (TPSA) is 66.5 Å². The molecule has 4 rings (SSSR count). The number of nitrogens with one attached hydrogen (secondary N) is 2. The Morgan fingerprint density at radius 3 is 2.45 bits per heavy atom. The molecule has 1 aliphatic heterocycles. The van der Waals surface area contributed by atoms with Crippen molar-refractivity contribution in [2.45, 2.75) is 38.7 Å². The van der Waals surface area contributed by atoms with Crippen molar-refractivity contribution in [2.75, 3.05) is 27.3 Å². The Kier molecular flexibility index (Phi) is 5.79. The number of hydrogen-bond acceptors (Lipinski definition) is 4. The summed E-state index contributed by atoms with van der Waals surface area (Å²) in [6.45, 7) is 4.34. The van der Waals surface area contributed by atoms with Gasteiger partial charge >= 0.3 is 0 Å². The van der Waals surface area contributed by atoms with Crippen LogP contribution in [0.2, 0.25) is 0 Å². The maximum atomic E-state index is 10.0.